The molecule has 1 aliphatic heterocycles. The summed E-state index contributed by atoms with van der Waals surface area (Å²) in [4.78, 5) is 28.4. The van der Waals surface area contributed by atoms with Crippen molar-refractivity contribution in [1.82, 2.24) is 10.2 Å². The number of allylic oxidation sites excluding steroid dienone is 2. The van der Waals surface area contributed by atoms with Gasteiger partial charge in [0.1, 0.15) is 0 Å². The van der Waals surface area contributed by atoms with Gasteiger partial charge in [0.05, 0.1) is 0 Å². The van der Waals surface area contributed by atoms with Gasteiger partial charge in [-0.1, -0.05) is 80.1 Å². The van der Waals surface area contributed by atoms with Crippen LogP contribution in [-0.4, -0.2) is 27.1 Å². The number of amides is 1. The third-order valence-corrected chi connectivity index (χ3v) is 7.96. The first-order valence-corrected chi connectivity index (χ1v) is 12.6. The zero-order valence-corrected chi connectivity index (χ0v) is 20.9. The molecular formula is C22H23Cl2N3O2S2. The van der Waals surface area contributed by atoms with Gasteiger partial charge in [0.25, 0.3) is 0 Å². The normalized spacial score (nSPS) is 21.1. The number of nitrogens with zero attached hydrogens (tertiary/aromatic N) is 3. The highest BCUT2D eigenvalue weighted by atomic mass is 35.5. The number of rotatable bonds is 4. The summed E-state index contributed by atoms with van der Waals surface area (Å²) in [6.07, 6.45) is 1.19. The molecule has 2 aromatic rings. The summed E-state index contributed by atoms with van der Waals surface area (Å²) in [6.45, 7) is 8.27. The summed E-state index contributed by atoms with van der Waals surface area (Å²) in [5.41, 5.74) is 1.90. The van der Waals surface area contributed by atoms with E-state index in [0.29, 0.717) is 38.8 Å². The van der Waals surface area contributed by atoms with Crippen LogP contribution in [0.1, 0.15) is 58.4 Å². The summed E-state index contributed by atoms with van der Waals surface area (Å²) in [6, 6.07) is 5.22. The van der Waals surface area contributed by atoms with Crippen molar-refractivity contribution in [3.8, 4) is 0 Å². The van der Waals surface area contributed by atoms with E-state index in [0.717, 1.165) is 15.6 Å². The van der Waals surface area contributed by atoms with Crippen molar-refractivity contribution in [1.29, 1.82) is 0 Å². The summed E-state index contributed by atoms with van der Waals surface area (Å²) in [5, 5.41) is 10.4. The predicted octanol–water partition coefficient (Wildman–Crippen LogP) is 6.51. The lowest BCUT2D eigenvalue weighted by atomic mass is 9.69. The Bertz CT molecular complexity index is 1090. The highest BCUT2D eigenvalue weighted by molar-refractivity contribution is 8.01. The fourth-order valence-corrected chi connectivity index (χ4v) is 6.88. The molecule has 0 bridgehead atoms. The maximum absolute atomic E-state index is 13.4. The SMILES string of the molecule is CC(C)Sc1nnc(N2C(=O)CC(c3ccc(Cl)cc3Cl)C3=C2CC(C)(C)CC3=O)s1. The van der Waals surface area contributed by atoms with Crippen LogP contribution < -0.4 is 4.90 Å². The van der Waals surface area contributed by atoms with Crippen LogP contribution in [0.25, 0.3) is 0 Å². The average Bonchev–Trinajstić information content (AvgIpc) is 3.06. The molecule has 0 N–H and O–H groups in total. The van der Waals surface area contributed by atoms with Gasteiger partial charge < -0.3 is 0 Å². The van der Waals surface area contributed by atoms with Gasteiger partial charge in [0.15, 0.2) is 10.1 Å². The Morgan fingerprint density at radius 2 is 1.94 bits per heavy atom. The van der Waals surface area contributed by atoms with E-state index in [2.05, 4.69) is 37.9 Å². The Balaban J connectivity index is 1.84. The first-order chi connectivity index (χ1) is 14.6. The second-order valence-electron chi connectivity index (χ2n) is 8.97. The number of Topliss-reactive ketones (excluding diaryl/α,β-unsaturated/α-hetero) is 1. The molecule has 5 nitrogen and oxygen atoms in total. The van der Waals surface area contributed by atoms with Gasteiger partial charge in [-0.2, -0.15) is 0 Å². The molecular weight excluding hydrogens is 473 g/mol. The molecule has 1 atom stereocenters. The Morgan fingerprint density at radius 3 is 2.61 bits per heavy atom. The average molecular weight is 496 g/mol. The molecule has 2 aliphatic rings. The van der Waals surface area contributed by atoms with Crippen LogP contribution in [0.4, 0.5) is 5.13 Å². The predicted molar refractivity (Wildman–Crippen MR) is 127 cm³/mol. The third kappa shape index (κ3) is 4.56. The monoisotopic (exact) mass is 495 g/mol. The van der Waals surface area contributed by atoms with E-state index >= 15 is 0 Å². The van der Waals surface area contributed by atoms with Gasteiger partial charge >= 0.3 is 0 Å². The molecule has 1 aliphatic carbocycles. The lowest BCUT2D eigenvalue weighted by Crippen LogP contribution is -2.43. The van der Waals surface area contributed by atoms with E-state index < -0.39 is 0 Å². The van der Waals surface area contributed by atoms with Gasteiger partial charge in [0.2, 0.25) is 11.0 Å². The molecule has 164 valence electrons. The van der Waals surface area contributed by atoms with E-state index in [1.165, 1.54) is 11.3 Å². The molecule has 1 aromatic heterocycles. The molecule has 31 heavy (non-hydrogen) atoms. The number of hydrogen-bond acceptors (Lipinski definition) is 6. The highest BCUT2D eigenvalue weighted by Gasteiger charge is 2.45. The molecule has 4 rings (SSSR count). The molecule has 0 saturated carbocycles. The quantitative estimate of drug-likeness (QED) is 0.357. The van der Waals surface area contributed by atoms with E-state index in [9.17, 15) is 9.59 Å². The second-order valence-corrected chi connectivity index (χ2v) is 12.6. The van der Waals surface area contributed by atoms with Crippen molar-refractivity contribution in [2.45, 2.75) is 62.5 Å². The first kappa shape index (κ1) is 22.8. The van der Waals surface area contributed by atoms with Gasteiger partial charge in [0, 0.05) is 45.3 Å². The zero-order chi connectivity index (χ0) is 22.5. The fraction of sp³-hybridized carbons (Fsp3) is 0.455. The first-order valence-electron chi connectivity index (χ1n) is 10.1. The smallest absolute Gasteiger partial charge is 0.234 e. The topological polar surface area (TPSA) is 63.2 Å². The van der Waals surface area contributed by atoms with Gasteiger partial charge in [-0.25, -0.2) is 0 Å². The molecule has 9 heteroatoms. The van der Waals surface area contributed by atoms with Gasteiger partial charge in [-0.05, 0) is 29.5 Å². The number of ketones is 1. The maximum atomic E-state index is 13.4. The Kier molecular flexibility index (Phi) is 6.25. The minimum absolute atomic E-state index is 0.0565. The summed E-state index contributed by atoms with van der Waals surface area (Å²) >= 11 is 15.6. The van der Waals surface area contributed by atoms with Crippen LogP contribution in [0.2, 0.25) is 10.0 Å². The van der Waals surface area contributed by atoms with Crippen molar-refractivity contribution < 1.29 is 9.59 Å². The lowest BCUT2D eigenvalue weighted by Gasteiger charge is -2.42. The molecule has 0 saturated heterocycles. The van der Waals surface area contributed by atoms with Crippen molar-refractivity contribution in [3.05, 3.63) is 45.1 Å². The minimum atomic E-state index is -0.385. The highest BCUT2D eigenvalue weighted by Crippen LogP contribution is 2.49. The van der Waals surface area contributed by atoms with Crippen LogP contribution >= 0.6 is 46.3 Å². The van der Waals surface area contributed by atoms with E-state index in [1.54, 1.807) is 28.8 Å². The van der Waals surface area contributed by atoms with E-state index in [4.69, 9.17) is 23.2 Å². The number of thioether (sulfide) groups is 1. The lowest BCUT2D eigenvalue weighted by molar-refractivity contribution is -0.121. The molecule has 1 unspecified atom stereocenters. The maximum Gasteiger partial charge on any atom is 0.234 e. The van der Waals surface area contributed by atoms with Crippen LogP contribution in [0, 0.1) is 5.41 Å². The van der Waals surface area contributed by atoms with Crippen LogP contribution in [0.15, 0.2) is 33.8 Å². The van der Waals surface area contributed by atoms with E-state index in [-0.39, 0.29) is 29.4 Å². The number of carbonyl (C=O) groups is 2. The molecule has 0 radical (unpaired) electrons. The molecule has 1 amide bonds. The second kappa shape index (κ2) is 8.50. The number of carbonyl (C=O) groups excluding carboxylic acids is 2. The van der Waals surface area contributed by atoms with Crippen LogP contribution in [0.3, 0.4) is 0 Å². The van der Waals surface area contributed by atoms with Crippen molar-refractivity contribution >= 4 is 63.1 Å². The van der Waals surface area contributed by atoms with Crippen LogP contribution in [0.5, 0.6) is 0 Å². The van der Waals surface area contributed by atoms with Gasteiger partial charge in [-0.3, -0.25) is 14.5 Å². The third-order valence-electron chi connectivity index (χ3n) is 5.40. The molecule has 1 aromatic carbocycles. The Hall–Kier alpha value is -1.41. The van der Waals surface area contributed by atoms with E-state index in [1.807, 2.05) is 6.07 Å². The minimum Gasteiger partial charge on any atom is -0.294 e. The Labute approximate surface area is 200 Å². The standard InChI is InChI=1S/C22H23Cl2N3O2S2/c1-11(2)30-21-26-25-20(31-21)27-16-9-22(3,4)10-17(28)19(16)14(8-18(27)29)13-6-5-12(23)7-15(13)24/h5-7,11,14H,8-10H2,1-4H3. The fourth-order valence-electron chi connectivity index (χ4n) is 4.23. The number of halogens is 2. The number of benzene rings is 1. The molecule has 0 spiro atoms. The van der Waals surface area contributed by atoms with Gasteiger partial charge in [-0.15, -0.1) is 10.2 Å². The number of aromatic nitrogens is 2. The van der Waals surface area contributed by atoms with Crippen molar-refractivity contribution in [2.24, 2.45) is 5.41 Å². The van der Waals surface area contributed by atoms with Crippen LogP contribution in [-0.2, 0) is 9.59 Å². The van der Waals surface area contributed by atoms with Crippen molar-refractivity contribution in [2.75, 3.05) is 4.90 Å². The largest absolute Gasteiger partial charge is 0.294 e. The number of anilines is 1. The molecule has 2 heterocycles. The number of hydrogen-bond donors (Lipinski definition) is 0. The summed E-state index contributed by atoms with van der Waals surface area (Å²) < 4.78 is 0.809. The summed E-state index contributed by atoms with van der Waals surface area (Å²) in [5.74, 6) is -0.428. The van der Waals surface area contributed by atoms with Crippen molar-refractivity contribution in [3.63, 3.8) is 0 Å². The summed E-state index contributed by atoms with van der Waals surface area (Å²) in [7, 11) is 0. The Morgan fingerprint density at radius 1 is 1.19 bits per heavy atom. The zero-order valence-electron chi connectivity index (χ0n) is 17.7. The molecule has 0 fully saturated rings.